The van der Waals surface area contributed by atoms with Gasteiger partial charge in [0.25, 0.3) is 0 Å². The zero-order chi connectivity index (χ0) is 21.6. The Morgan fingerprint density at radius 1 is 1.38 bits per heavy atom. The van der Waals surface area contributed by atoms with Crippen LogP contribution in [0.25, 0.3) is 0 Å². The molecule has 1 aliphatic heterocycles. The van der Waals surface area contributed by atoms with Crippen molar-refractivity contribution in [1.82, 2.24) is 9.29 Å². The number of nitrogens with zero attached hydrogens (tertiary/aromatic N) is 3. The summed E-state index contributed by atoms with van der Waals surface area (Å²) in [7, 11) is -1.38. The highest BCUT2D eigenvalue weighted by Gasteiger charge is 2.39. The van der Waals surface area contributed by atoms with E-state index in [-0.39, 0.29) is 23.7 Å². The number of benzene rings is 1. The molecule has 0 spiro atoms. The number of guanidine groups is 1. The Hall–Kier alpha value is -2.46. The minimum absolute atomic E-state index is 0.0741. The van der Waals surface area contributed by atoms with Crippen molar-refractivity contribution < 1.29 is 17.4 Å². The van der Waals surface area contributed by atoms with Crippen LogP contribution in [0.2, 0.25) is 0 Å². The van der Waals surface area contributed by atoms with Crippen LogP contribution in [0.4, 0.5) is 13.2 Å². The maximum atomic E-state index is 14.7. The SMILES string of the molecule is C=S1(=O)C[C@@](C)(c2cc(CC(=S)c3ccc(F)cn3)cc(F)c2F)N=C(N)N1C. The Balaban J connectivity index is 2.02. The van der Waals surface area contributed by atoms with Gasteiger partial charge >= 0.3 is 0 Å². The van der Waals surface area contributed by atoms with Crippen LogP contribution in [0.3, 0.4) is 0 Å². The average Bonchev–Trinajstić information content (AvgIpc) is 2.62. The van der Waals surface area contributed by atoms with Crippen molar-refractivity contribution in [2.24, 2.45) is 10.7 Å². The number of pyridine rings is 1. The second-order valence-corrected chi connectivity index (χ2v) is 9.93. The van der Waals surface area contributed by atoms with Crippen LogP contribution >= 0.6 is 12.2 Å². The van der Waals surface area contributed by atoms with E-state index in [1.165, 1.54) is 36.5 Å². The zero-order valence-electron chi connectivity index (χ0n) is 15.8. The van der Waals surface area contributed by atoms with Crippen LogP contribution in [0.5, 0.6) is 0 Å². The van der Waals surface area contributed by atoms with Gasteiger partial charge in [0.05, 0.1) is 27.4 Å². The maximum Gasteiger partial charge on any atom is 0.203 e. The summed E-state index contributed by atoms with van der Waals surface area (Å²) in [6.07, 6.45) is 1.10. The quantitative estimate of drug-likeness (QED) is 0.586. The van der Waals surface area contributed by atoms with Gasteiger partial charge in [-0.15, -0.1) is 0 Å². The van der Waals surface area contributed by atoms with Crippen molar-refractivity contribution in [3.05, 3.63) is 64.7 Å². The van der Waals surface area contributed by atoms with Gasteiger partial charge in [-0.25, -0.2) is 22.4 Å². The van der Waals surface area contributed by atoms with Crippen LogP contribution < -0.4 is 5.73 Å². The number of halogens is 3. The molecule has 0 bridgehead atoms. The van der Waals surface area contributed by atoms with Gasteiger partial charge in [-0.3, -0.25) is 9.29 Å². The van der Waals surface area contributed by atoms with Gasteiger partial charge in [-0.1, -0.05) is 12.2 Å². The molecule has 1 aromatic heterocycles. The lowest BCUT2D eigenvalue weighted by Gasteiger charge is -2.37. The molecule has 1 aliphatic rings. The van der Waals surface area contributed by atoms with Gasteiger partial charge in [0.15, 0.2) is 11.6 Å². The Morgan fingerprint density at radius 3 is 2.66 bits per heavy atom. The minimum atomic E-state index is -2.86. The topological polar surface area (TPSA) is 71.6 Å². The lowest BCUT2D eigenvalue weighted by molar-refractivity contribution is 0.446. The molecule has 0 aliphatic carbocycles. The molecule has 5 nitrogen and oxygen atoms in total. The molecule has 2 heterocycles. The summed E-state index contributed by atoms with van der Waals surface area (Å²) in [5.74, 6) is 0.766. The van der Waals surface area contributed by atoms with Gasteiger partial charge in [0.1, 0.15) is 11.4 Å². The third-order valence-corrected chi connectivity index (χ3v) is 7.29. The number of thiocarbonyl (C=S) groups is 1. The Morgan fingerprint density at radius 2 is 2.07 bits per heavy atom. The highest BCUT2D eigenvalue weighted by molar-refractivity contribution is 7.98. The minimum Gasteiger partial charge on any atom is -0.369 e. The van der Waals surface area contributed by atoms with Crippen LogP contribution in [-0.4, -0.2) is 43.0 Å². The number of hydrogen-bond acceptors (Lipinski definition) is 5. The van der Waals surface area contributed by atoms with Crippen molar-refractivity contribution in [2.75, 3.05) is 12.8 Å². The molecule has 2 atom stereocenters. The molecule has 2 aromatic rings. The first-order valence-corrected chi connectivity index (χ1v) is 10.8. The normalized spacial score (nSPS) is 24.3. The van der Waals surface area contributed by atoms with Crippen LogP contribution in [0, 0.1) is 17.5 Å². The summed E-state index contributed by atoms with van der Waals surface area (Å²) < 4.78 is 56.1. The van der Waals surface area contributed by atoms with E-state index in [1.54, 1.807) is 0 Å². The molecular weight excluding hydrogens is 421 g/mol. The highest BCUT2D eigenvalue weighted by Crippen LogP contribution is 2.35. The molecule has 2 N–H and O–H groups in total. The predicted molar refractivity (Wildman–Crippen MR) is 113 cm³/mol. The summed E-state index contributed by atoms with van der Waals surface area (Å²) >= 11 is 5.31. The largest absolute Gasteiger partial charge is 0.369 e. The van der Waals surface area contributed by atoms with Crippen molar-refractivity contribution in [3.63, 3.8) is 0 Å². The molecule has 0 fully saturated rings. The van der Waals surface area contributed by atoms with Crippen molar-refractivity contribution in [2.45, 2.75) is 18.9 Å². The summed E-state index contributed by atoms with van der Waals surface area (Å²) in [4.78, 5) is 8.50. The molecule has 0 amide bonds. The van der Waals surface area contributed by atoms with Crippen LogP contribution in [-0.2, 0) is 21.7 Å². The second kappa shape index (κ2) is 7.42. The number of aromatic nitrogens is 1. The third kappa shape index (κ3) is 4.13. The molecule has 154 valence electrons. The lowest BCUT2D eigenvalue weighted by Crippen LogP contribution is -2.50. The molecule has 3 rings (SSSR count). The fraction of sp³-hybridized carbons (Fsp3) is 0.263. The van der Waals surface area contributed by atoms with E-state index < -0.39 is 32.7 Å². The Kier molecular flexibility index (Phi) is 5.44. The maximum absolute atomic E-state index is 14.7. The van der Waals surface area contributed by atoms with Gasteiger partial charge in [-0.05, 0) is 42.6 Å². The zero-order valence-corrected chi connectivity index (χ0v) is 17.4. The van der Waals surface area contributed by atoms with Crippen molar-refractivity contribution in [3.8, 4) is 0 Å². The smallest absolute Gasteiger partial charge is 0.203 e. The van der Waals surface area contributed by atoms with Gasteiger partial charge in [-0.2, -0.15) is 0 Å². The van der Waals surface area contributed by atoms with E-state index in [9.17, 15) is 17.4 Å². The Bertz CT molecular complexity index is 1120. The first-order chi connectivity index (χ1) is 13.4. The molecule has 10 heteroatoms. The van der Waals surface area contributed by atoms with E-state index in [1.807, 2.05) is 0 Å². The van der Waals surface area contributed by atoms with Crippen LogP contribution in [0.1, 0.15) is 23.7 Å². The average molecular weight is 441 g/mol. The monoisotopic (exact) mass is 440 g/mol. The second-order valence-electron chi connectivity index (χ2n) is 7.06. The van der Waals surface area contributed by atoms with E-state index in [4.69, 9.17) is 18.0 Å². The fourth-order valence-corrected chi connectivity index (χ4v) is 5.12. The van der Waals surface area contributed by atoms with E-state index in [0.29, 0.717) is 16.1 Å². The van der Waals surface area contributed by atoms with E-state index >= 15 is 0 Å². The van der Waals surface area contributed by atoms with E-state index in [0.717, 1.165) is 12.3 Å². The highest BCUT2D eigenvalue weighted by atomic mass is 32.2. The van der Waals surface area contributed by atoms with Crippen molar-refractivity contribution >= 4 is 38.6 Å². The molecule has 0 saturated carbocycles. The predicted octanol–water partition coefficient (Wildman–Crippen LogP) is 2.57. The third-order valence-electron chi connectivity index (χ3n) is 4.74. The first kappa shape index (κ1) is 21.3. The summed E-state index contributed by atoms with van der Waals surface area (Å²) in [5.41, 5.74) is 5.12. The molecular formula is C19H19F3N4OS2. The number of rotatable bonds is 4. The number of aliphatic imine (C=N–C) groups is 1. The fourth-order valence-electron chi connectivity index (χ4n) is 3.16. The summed E-state index contributed by atoms with van der Waals surface area (Å²) in [6.45, 7) is 1.53. The molecule has 0 radical (unpaired) electrons. The first-order valence-electron chi connectivity index (χ1n) is 8.50. The Labute approximate surface area is 172 Å². The van der Waals surface area contributed by atoms with Gasteiger partial charge in [0.2, 0.25) is 5.96 Å². The molecule has 0 saturated heterocycles. The number of hydrogen-bond donors (Lipinski definition) is 1. The molecule has 1 aromatic carbocycles. The van der Waals surface area contributed by atoms with Gasteiger partial charge < -0.3 is 5.73 Å². The summed E-state index contributed by atoms with van der Waals surface area (Å²) in [6, 6.07) is 5.08. The standard InChI is InChI=1S/C19H19F3N4OS2/c1-19(10-29(3,27)26(2)18(23)25-19)13-6-11(7-14(21)17(13)22)8-16(28)15-5-4-12(20)9-24-15/h4-7,9H,3,8,10H2,1-2H3,(H2,23,25)/t19-,29?/m0/s1. The molecule has 1 unspecified atom stereocenters. The van der Waals surface area contributed by atoms with Crippen LogP contribution in [0.15, 0.2) is 35.5 Å². The van der Waals surface area contributed by atoms with Gasteiger partial charge in [0, 0.05) is 23.9 Å². The van der Waals surface area contributed by atoms with Crippen molar-refractivity contribution in [1.29, 1.82) is 0 Å². The number of nitrogens with two attached hydrogens (primary N) is 1. The molecule has 29 heavy (non-hydrogen) atoms. The summed E-state index contributed by atoms with van der Waals surface area (Å²) in [5, 5.41) is 0. The van der Waals surface area contributed by atoms with E-state index in [2.05, 4.69) is 15.8 Å². The lowest BCUT2D eigenvalue weighted by atomic mass is 9.91.